The van der Waals surface area contributed by atoms with Gasteiger partial charge >= 0.3 is 13.8 Å². The van der Waals surface area contributed by atoms with Gasteiger partial charge in [-0.3, -0.25) is 13.8 Å². The Balaban J connectivity index is 1.44. The minimum Gasteiger partial charge on any atom is -0.454 e. The van der Waals surface area contributed by atoms with Crippen molar-refractivity contribution >= 4 is 13.8 Å². The van der Waals surface area contributed by atoms with Crippen molar-refractivity contribution in [3.63, 3.8) is 0 Å². The van der Waals surface area contributed by atoms with Crippen LogP contribution in [0.1, 0.15) is 85.5 Å². The van der Waals surface area contributed by atoms with E-state index in [-0.39, 0.29) is 29.5 Å². The molecular weight excluding hydrogens is 489 g/mol. The van der Waals surface area contributed by atoms with E-state index in [0.717, 1.165) is 56.9 Å². The predicted octanol–water partition coefficient (Wildman–Crippen LogP) is 6.12. The van der Waals surface area contributed by atoms with Gasteiger partial charge in [-0.25, -0.2) is 4.57 Å². The first kappa shape index (κ1) is 29.3. The van der Waals surface area contributed by atoms with Crippen LogP contribution in [0.3, 0.4) is 0 Å². The van der Waals surface area contributed by atoms with Gasteiger partial charge in [0.15, 0.2) is 0 Å². The first-order chi connectivity index (χ1) is 17.0. The largest absolute Gasteiger partial charge is 0.472 e. The average molecular weight is 541 g/mol. The van der Waals surface area contributed by atoms with E-state index in [0.29, 0.717) is 34.7 Å². The SMILES string of the molecule is C=C(C)[C@@]1(OC(C)=O)CC[C@H]2C3CC[C@@H]4CC(OP(=O)(O)OCC[N+](C)(C)C)CC[C@]4(C)[C@H]3CC[C@@]21C. The smallest absolute Gasteiger partial charge is 0.454 e. The van der Waals surface area contributed by atoms with Crippen molar-refractivity contribution in [3.05, 3.63) is 12.2 Å². The minimum atomic E-state index is -4.06. The number of hydrogen-bond donors (Lipinski definition) is 1. The summed E-state index contributed by atoms with van der Waals surface area (Å²) in [6.07, 6.45) is 8.85. The maximum Gasteiger partial charge on any atom is 0.472 e. The van der Waals surface area contributed by atoms with Gasteiger partial charge in [-0.05, 0) is 99.4 Å². The Bertz CT molecular complexity index is 947. The second-order valence-corrected chi connectivity index (χ2v) is 15.6. The summed E-state index contributed by atoms with van der Waals surface area (Å²) >= 11 is 0. The van der Waals surface area contributed by atoms with Crippen LogP contribution < -0.4 is 0 Å². The van der Waals surface area contributed by atoms with Gasteiger partial charge in [-0.2, -0.15) is 0 Å². The van der Waals surface area contributed by atoms with E-state index in [1.165, 1.54) is 13.3 Å². The highest BCUT2D eigenvalue weighted by atomic mass is 31.2. The Hall–Kier alpha value is -0.720. The number of quaternary nitrogens is 1. The number of ether oxygens (including phenoxy) is 1. The summed E-state index contributed by atoms with van der Waals surface area (Å²) in [6.45, 7) is 13.5. The summed E-state index contributed by atoms with van der Waals surface area (Å²) in [5.74, 6) is 2.07. The quantitative estimate of drug-likeness (QED) is 0.173. The molecule has 37 heavy (non-hydrogen) atoms. The average Bonchev–Trinajstić information content (AvgIpc) is 3.05. The second-order valence-electron chi connectivity index (χ2n) is 14.2. The molecule has 0 saturated heterocycles. The normalized spacial score (nSPS) is 43.2. The number of rotatable bonds is 8. The van der Waals surface area contributed by atoms with Gasteiger partial charge in [0.2, 0.25) is 0 Å². The number of likely N-dealkylation sites (N-methyl/N-ethyl adjacent to an activating group) is 1. The molecule has 3 unspecified atom stereocenters. The van der Waals surface area contributed by atoms with Crippen LogP contribution in [-0.2, 0) is 23.1 Å². The van der Waals surface area contributed by atoms with E-state index in [4.69, 9.17) is 13.8 Å². The summed E-state index contributed by atoms with van der Waals surface area (Å²) < 4.78 is 30.5. The number of nitrogens with zero attached hydrogens (tertiary/aromatic N) is 1. The van der Waals surface area contributed by atoms with E-state index in [1.807, 2.05) is 28.1 Å². The van der Waals surface area contributed by atoms with Crippen LogP contribution in [-0.4, -0.2) is 61.3 Å². The monoisotopic (exact) mass is 540 g/mol. The van der Waals surface area contributed by atoms with Gasteiger partial charge in [-0.1, -0.05) is 20.4 Å². The van der Waals surface area contributed by atoms with Crippen molar-refractivity contribution in [1.82, 2.24) is 0 Å². The summed E-state index contributed by atoms with van der Waals surface area (Å²) in [5.41, 5.74) is 0.582. The van der Waals surface area contributed by atoms with Gasteiger partial charge in [0, 0.05) is 12.3 Å². The van der Waals surface area contributed by atoms with Crippen molar-refractivity contribution in [2.24, 2.45) is 34.5 Å². The molecule has 0 amide bonds. The molecular formula is C29H51NO6P+. The Morgan fingerprint density at radius 1 is 1.03 bits per heavy atom. The van der Waals surface area contributed by atoms with Gasteiger partial charge in [0.1, 0.15) is 18.8 Å². The lowest BCUT2D eigenvalue weighted by atomic mass is 9.44. The standard InChI is InChI=1S/C29H50NO6P/c1-20(2)29(35-21(3)31)16-13-26-24-10-9-22-19-23(36-37(32,33)34-18-17-30(6,7)8)11-14-27(22,4)25(24)12-15-28(26,29)5/h22-26H,1,9-19H2,2-8H3/p+1/t22-,23?,24?,25+,26+,27+,28+,29+/m1/s1. The highest BCUT2D eigenvalue weighted by Gasteiger charge is 2.66. The lowest BCUT2D eigenvalue weighted by Gasteiger charge is -2.62. The Morgan fingerprint density at radius 2 is 1.70 bits per heavy atom. The number of phosphoric ester groups is 1. The zero-order valence-corrected chi connectivity index (χ0v) is 25.1. The molecule has 0 aromatic carbocycles. The highest BCUT2D eigenvalue weighted by Crippen LogP contribution is 2.70. The number of hydrogen-bond acceptors (Lipinski definition) is 5. The van der Waals surface area contributed by atoms with Crippen molar-refractivity contribution in [3.8, 4) is 0 Å². The molecule has 9 atom stereocenters. The molecule has 7 nitrogen and oxygen atoms in total. The van der Waals surface area contributed by atoms with Gasteiger partial charge in [-0.15, -0.1) is 0 Å². The molecule has 4 rings (SSSR count). The molecule has 0 aromatic rings. The number of carbonyl (C=O) groups excluding carboxylic acids is 1. The molecule has 0 spiro atoms. The summed E-state index contributed by atoms with van der Waals surface area (Å²) in [6, 6.07) is 0. The summed E-state index contributed by atoms with van der Waals surface area (Å²) in [5, 5.41) is 0. The lowest BCUT2D eigenvalue weighted by molar-refractivity contribution is -0.870. The molecule has 0 bridgehead atoms. The Kier molecular flexibility index (Phi) is 7.94. The van der Waals surface area contributed by atoms with Crippen LogP contribution in [0.5, 0.6) is 0 Å². The molecule has 212 valence electrons. The van der Waals surface area contributed by atoms with E-state index < -0.39 is 13.4 Å². The van der Waals surface area contributed by atoms with Crippen molar-refractivity contribution < 1.29 is 32.5 Å². The van der Waals surface area contributed by atoms with Crippen LogP contribution in [0.25, 0.3) is 0 Å². The van der Waals surface area contributed by atoms with E-state index in [9.17, 15) is 14.3 Å². The predicted molar refractivity (Wildman–Crippen MR) is 145 cm³/mol. The summed E-state index contributed by atoms with van der Waals surface area (Å²) in [4.78, 5) is 22.5. The maximum absolute atomic E-state index is 12.6. The first-order valence-corrected chi connectivity index (χ1v) is 15.8. The topological polar surface area (TPSA) is 82.1 Å². The Morgan fingerprint density at radius 3 is 2.32 bits per heavy atom. The Labute approximate surface area is 224 Å². The first-order valence-electron chi connectivity index (χ1n) is 14.3. The third-order valence-corrected chi connectivity index (χ3v) is 12.1. The van der Waals surface area contributed by atoms with Crippen LogP contribution in [0, 0.1) is 34.5 Å². The van der Waals surface area contributed by atoms with Crippen molar-refractivity contribution in [2.45, 2.75) is 97.2 Å². The molecule has 1 N–H and O–H groups in total. The van der Waals surface area contributed by atoms with Gasteiger partial charge in [0.05, 0.1) is 27.2 Å². The molecule has 0 radical (unpaired) electrons. The van der Waals surface area contributed by atoms with E-state index in [2.05, 4.69) is 20.4 Å². The number of fused-ring (bicyclic) bond motifs is 5. The number of esters is 1. The number of carbonyl (C=O) groups is 1. The minimum absolute atomic E-state index is 0.0676. The molecule has 4 aliphatic rings. The fourth-order valence-corrected chi connectivity index (χ4v) is 10.1. The molecule has 0 aromatic heterocycles. The molecule has 4 aliphatic carbocycles. The molecule has 4 fully saturated rings. The van der Waals surface area contributed by atoms with Crippen LogP contribution in [0.4, 0.5) is 0 Å². The van der Waals surface area contributed by atoms with Crippen LogP contribution >= 0.6 is 7.82 Å². The molecule has 4 saturated carbocycles. The van der Waals surface area contributed by atoms with E-state index >= 15 is 0 Å². The van der Waals surface area contributed by atoms with Crippen molar-refractivity contribution in [2.75, 3.05) is 34.3 Å². The fourth-order valence-electron chi connectivity index (χ4n) is 9.16. The fraction of sp³-hybridized carbons (Fsp3) is 0.897. The number of phosphoric acid groups is 1. The summed E-state index contributed by atoms with van der Waals surface area (Å²) in [7, 11) is 2.02. The third-order valence-electron chi connectivity index (χ3n) is 11.0. The molecule has 8 heteroatoms. The van der Waals surface area contributed by atoms with Gasteiger partial charge < -0.3 is 14.1 Å². The van der Waals surface area contributed by atoms with Crippen LogP contribution in [0.2, 0.25) is 0 Å². The van der Waals surface area contributed by atoms with Crippen LogP contribution in [0.15, 0.2) is 12.2 Å². The second kappa shape index (κ2) is 10.0. The highest BCUT2D eigenvalue weighted by molar-refractivity contribution is 7.47. The third kappa shape index (κ3) is 5.37. The zero-order chi connectivity index (χ0) is 27.4. The maximum atomic E-state index is 12.6. The van der Waals surface area contributed by atoms with Gasteiger partial charge in [0.25, 0.3) is 0 Å². The molecule has 0 heterocycles. The van der Waals surface area contributed by atoms with Crippen molar-refractivity contribution in [1.29, 1.82) is 0 Å². The lowest BCUT2D eigenvalue weighted by Crippen LogP contribution is -2.58. The molecule has 0 aliphatic heterocycles. The van der Waals surface area contributed by atoms with E-state index in [1.54, 1.807) is 0 Å². The zero-order valence-electron chi connectivity index (χ0n) is 24.3.